The Morgan fingerprint density at radius 2 is 1.64 bits per heavy atom. The van der Waals surface area contributed by atoms with E-state index in [1.807, 2.05) is 6.07 Å². The zero-order valence-electron chi connectivity index (χ0n) is 4.94. The molecule has 0 heterocycles. The van der Waals surface area contributed by atoms with Gasteiger partial charge < -0.3 is 0 Å². The Morgan fingerprint density at radius 1 is 1.18 bits per heavy atom. The van der Waals surface area contributed by atoms with Crippen LogP contribution in [0, 0.1) is 11.3 Å². The van der Waals surface area contributed by atoms with Crippen LogP contribution in [0.4, 0.5) is 0 Å². The zero-order chi connectivity index (χ0) is 7.56. The van der Waals surface area contributed by atoms with Crippen molar-refractivity contribution in [3.05, 3.63) is 33.8 Å². The molecule has 0 aliphatic heterocycles. The second kappa shape index (κ2) is 5.03. The van der Waals surface area contributed by atoms with Crippen molar-refractivity contribution >= 4 is 52.8 Å². The summed E-state index contributed by atoms with van der Waals surface area (Å²) in [6.07, 6.45) is 0. The first-order chi connectivity index (χ1) is 4.75. The molecule has 1 aromatic rings. The Kier molecular flexibility index (Phi) is 5.16. The molecule has 52 valence electrons. The van der Waals surface area contributed by atoms with E-state index < -0.39 is 0 Å². The first-order valence-electron chi connectivity index (χ1n) is 2.60. The molecule has 11 heavy (non-hydrogen) atoms. The standard InChI is InChI=1S/C7H3Cl2N.Na.H/c8-6-2-1-3-7(9)5(6)4-10;;/h1-3H;;. The Morgan fingerprint density at radius 3 is 1.91 bits per heavy atom. The summed E-state index contributed by atoms with van der Waals surface area (Å²) in [4.78, 5) is 0. The summed E-state index contributed by atoms with van der Waals surface area (Å²) in [5.74, 6) is 0. The summed E-state index contributed by atoms with van der Waals surface area (Å²) < 4.78 is 0. The maximum atomic E-state index is 8.48. The minimum atomic E-state index is 0. The third kappa shape index (κ3) is 2.66. The Balaban J connectivity index is 0.000001000. The molecule has 0 amide bonds. The fraction of sp³-hybridized carbons (Fsp3) is 0. The van der Waals surface area contributed by atoms with Gasteiger partial charge in [0.25, 0.3) is 0 Å². The van der Waals surface area contributed by atoms with Crippen LogP contribution in [-0.4, -0.2) is 29.6 Å². The monoisotopic (exact) mass is 195 g/mol. The zero-order valence-corrected chi connectivity index (χ0v) is 6.45. The third-order valence-electron chi connectivity index (χ3n) is 1.07. The van der Waals surface area contributed by atoms with Gasteiger partial charge in [0.1, 0.15) is 6.07 Å². The average molecular weight is 196 g/mol. The molecule has 0 radical (unpaired) electrons. The van der Waals surface area contributed by atoms with Crippen molar-refractivity contribution < 1.29 is 0 Å². The van der Waals surface area contributed by atoms with E-state index in [2.05, 4.69) is 0 Å². The minimum absolute atomic E-state index is 0. The molecule has 4 heteroatoms. The molecule has 0 N–H and O–H groups in total. The molecule has 0 bridgehead atoms. The van der Waals surface area contributed by atoms with E-state index in [0.717, 1.165) is 0 Å². The van der Waals surface area contributed by atoms with Crippen LogP contribution in [0.3, 0.4) is 0 Å². The molecule has 0 aliphatic carbocycles. The van der Waals surface area contributed by atoms with Gasteiger partial charge in [0.15, 0.2) is 0 Å². The van der Waals surface area contributed by atoms with Crippen molar-refractivity contribution in [3.63, 3.8) is 0 Å². The van der Waals surface area contributed by atoms with Gasteiger partial charge in [0, 0.05) is 0 Å². The summed E-state index contributed by atoms with van der Waals surface area (Å²) >= 11 is 11.2. The molecule has 1 rings (SSSR count). The Bertz CT molecular complexity index is 273. The van der Waals surface area contributed by atoms with E-state index in [0.29, 0.717) is 15.6 Å². The van der Waals surface area contributed by atoms with Crippen LogP contribution in [0.25, 0.3) is 0 Å². The van der Waals surface area contributed by atoms with Gasteiger partial charge in [0.2, 0.25) is 0 Å². The second-order valence-corrected chi connectivity index (χ2v) is 2.52. The molecule has 0 spiro atoms. The van der Waals surface area contributed by atoms with Gasteiger partial charge in [-0.15, -0.1) is 0 Å². The van der Waals surface area contributed by atoms with E-state index in [1.165, 1.54) is 0 Å². The molecular formula is C7H4Cl2NNa. The van der Waals surface area contributed by atoms with Crippen LogP contribution in [0.5, 0.6) is 0 Å². The van der Waals surface area contributed by atoms with Crippen molar-refractivity contribution in [2.75, 3.05) is 0 Å². The van der Waals surface area contributed by atoms with Gasteiger partial charge in [0.05, 0.1) is 15.6 Å². The average Bonchev–Trinajstić information content (AvgIpc) is 1.88. The fourth-order valence-corrected chi connectivity index (χ4v) is 1.09. The molecule has 0 saturated carbocycles. The second-order valence-electron chi connectivity index (χ2n) is 1.71. The van der Waals surface area contributed by atoms with Crippen molar-refractivity contribution in [2.45, 2.75) is 0 Å². The molecule has 1 aromatic carbocycles. The normalized spacial score (nSPS) is 8.09. The van der Waals surface area contributed by atoms with Gasteiger partial charge in [-0.2, -0.15) is 5.26 Å². The summed E-state index contributed by atoms with van der Waals surface area (Å²) in [7, 11) is 0. The van der Waals surface area contributed by atoms with Gasteiger partial charge in [-0.3, -0.25) is 0 Å². The molecule has 0 unspecified atom stereocenters. The van der Waals surface area contributed by atoms with Crippen LogP contribution in [0.1, 0.15) is 5.56 Å². The first kappa shape index (κ1) is 11.3. The third-order valence-corrected chi connectivity index (χ3v) is 1.70. The molecule has 1 nitrogen and oxygen atoms in total. The van der Waals surface area contributed by atoms with E-state index >= 15 is 0 Å². The number of nitrogens with zero attached hydrogens (tertiary/aromatic N) is 1. The fourth-order valence-electron chi connectivity index (χ4n) is 0.605. The predicted molar refractivity (Wildman–Crippen MR) is 48.3 cm³/mol. The molecule has 0 aromatic heterocycles. The summed E-state index contributed by atoms with van der Waals surface area (Å²) in [6.45, 7) is 0. The predicted octanol–water partition coefficient (Wildman–Crippen LogP) is 2.22. The number of halogens is 2. The van der Waals surface area contributed by atoms with Crippen LogP contribution in [-0.2, 0) is 0 Å². The Labute approximate surface area is 97.2 Å². The van der Waals surface area contributed by atoms with Gasteiger partial charge in [-0.25, -0.2) is 0 Å². The van der Waals surface area contributed by atoms with Crippen LogP contribution in [0.15, 0.2) is 18.2 Å². The molecule has 0 saturated heterocycles. The number of hydrogen-bond donors (Lipinski definition) is 0. The van der Waals surface area contributed by atoms with E-state index in [1.54, 1.807) is 18.2 Å². The summed E-state index contributed by atoms with van der Waals surface area (Å²) in [5, 5.41) is 9.28. The van der Waals surface area contributed by atoms with E-state index in [9.17, 15) is 0 Å². The number of rotatable bonds is 0. The van der Waals surface area contributed by atoms with E-state index in [-0.39, 0.29) is 29.6 Å². The first-order valence-corrected chi connectivity index (χ1v) is 3.35. The van der Waals surface area contributed by atoms with Crippen molar-refractivity contribution in [3.8, 4) is 6.07 Å². The van der Waals surface area contributed by atoms with E-state index in [4.69, 9.17) is 28.5 Å². The van der Waals surface area contributed by atoms with Crippen LogP contribution in [0.2, 0.25) is 10.0 Å². The number of nitriles is 1. The summed E-state index contributed by atoms with van der Waals surface area (Å²) in [5.41, 5.74) is 0.339. The maximum absolute atomic E-state index is 8.48. The van der Waals surface area contributed by atoms with Gasteiger partial charge in [-0.1, -0.05) is 29.3 Å². The van der Waals surface area contributed by atoms with Crippen LogP contribution >= 0.6 is 23.2 Å². The molecule has 0 fully saturated rings. The molecular weight excluding hydrogens is 192 g/mol. The number of hydrogen-bond acceptors (Lipinski definition) is 1. The quantitative estimate of drug-likeness (QED) is 0.583. The summed E-state index contributed by atoms with van der Waals surface area (Å²) in [6, 6.07) is 6.86. The van der Waals surface area contributed by atoms with Crippen molar-refractivity contribution in [1.82, 2.24) is 0 Å². The molecule has 0 aliphatic rings. The van der Waals surface area contributed by atoms with Crippen molar-refractivity contribution in [2.24, 2.45) is 0 Å². The van der Waals surface area contributed by atoms with Gasteiger partial charge >= 0.3 is 29.6 Å². The number of benzene rings is 1. The van der Waals surface area contributed by atoms with Crippen LogP contribution < -0.4 is 0 Å². The van der Waals surface area contributed by atoms with Crippen molar-refractivity contribution in [1.29, 1.82) is 5.26 Å². The Hall–Kier alpha value is 0.290. The van der Waals surface area contributed by atoms with Gasteiger partial charge in [-0.05, 0) is 12.1 Å². The molecule has 0 atom stereocenters. The SMILES string of the molecule is N#Cc1c(Cl)cccc1Cl.[NaH]. The topological polar surface area (TPSA) is 23.8 Å².